The zero-order valence-corrected chi connectivity index (χ0v) is 37.0. The molecule has 3 aliphatic heterocycles. The Labute approximate surface area is 378 Å². The van der Waals surface area contributed by atoms with Gasteiger partial charge in [0.25, 0.3) is 0 Å². The molecular formula is C55H62N2O7. The normalized spacial score (nSPS) is 23.3. The second-order valence-electron chi connectivity index (χ2n) is 17.3. The van der Waals surface area contributed by atoms with Gasteiger partial charge in [-0.2, -0.15) is 0 Å². The Balaban J connectivity index is 0.957. The van der Waals surface area contributed by atoms with Crippen LogP contribution >= 0.6 is 0 Å². The van der Waals surface area contributed by atoms with Gasteiger partial charge in [0.2, 0.25) is 5.91 Å². The number of amides is 2. The predicted octanol–water partition coefficient (Wildman–Crippen LogP) is 11.0. The highest BCUT2D eigenvalue weighted by atomic mass is 16.6. The molecule has 0 bridgehead atoms. The Kier molecular flexibility index (Phi) is 15.7. The lowest BCUT2D eigenvalue weighted by Crippen LogP contribution is -2.62. The number of likely N-dealkylation sites (tertiary alicyclic amines) is 1. The van der Waals surface area contributed by atoms with Crippen LogP contribution in [0.2, 0.25) is 0 Å². The second kappa shape index (κ2) is 22.4. The third-order valence-electron chi connectivity index (χ3n) is 12.8. The van der Waals surface area contributed by atoms with Crippen LogP contribution in [0.25, 0.3) is 0 Å². The summed E-state index contributed by atoms with van der Waals surface area (Å²) in [7, 11) is 0. The Bertz CT molecular complexity index is 2170. The van der Waals surface area contributed by atoms with E-state index >= 15 is 0 Å². The monoisotopic (exact) mass is 862 g/mol. The number of carbonyl (C=O) groups is 2. The van der Waals surface area contributed by atoms with Crippen molar-refractivity contribution in [2.75, 3.05) is 13.2 Å². The minimum absolute atomic E-state index is 0.0261. The zero-order valence-electron chi connectivity index (χ0n) is 37.0. The lowest BCUT2D eigenvalue weighted by atomic mass is 9.89. The quantitative estimate of drug-likeness (QED) is 0.0569. The highest BCUT2D eigenvalue weighted by Gasteiger charge is 2.52. The van der Waals surface area contributed by atoms with Crippen LogP contribution in [-0.4, -0.2) is 71.1 Å². The van der Waals surface area contributed by atoms with Gasteiger partial charge in [-0.1, -0.05) is 164 Å². The van der Waals surface area contributed by atoms with Gasteiger partial charge >= 0.3 is 6.09 Å². The summed E-state index contributed by atoms with van der Waals surface area (Å²) >= 11 is 0. The van der Waals surface area contributed by atoms with Crippen molar-refractivity contribution in [1.29, 1.82) is 0 Å². The topological polar surface area (TPSA) is 86.8 Å². The molecule has 64 heavy (non-hydrogen) atoms. The molecule has 2 amide bonds. The fourth-order valence-corrected chi connectivity index (χ4v) is 9.76. The number of unbranched alkanes of at least 4 members (excludes halogenated alkanes) is 1. The van der Waals surface area contributed by atoms with Crippen molar-refractivity contribution in [2.24, 2.45) is 0 Å². The number of fused-ring (bicyclic) bond motifs is 1. The first kappa shape index (κ1) is 45.0. The Morgan fingerprint density at radius 3 is 1.80 bits per heavy atom. The lowest BCUT2D eigenvalue weighted by Gasteiger charge is -2.52. The maximum atomic E-state index is 13.7. The third-order valence-corrected chi connectivity index (χ3v) is 12.8. The first-order valence-electron chi connectivity index (χ1n) is 23.1. The number of rotatable bonds is 20. The molecule has 9 nitrogen and oxygen atoms in total. The summed E-state index contributed by atoms with van der Waals surface area (Å²) in [6.45, 7) is 3.79. The van der Waals surface area contributed by atoms with Crippen molar-refractivity contribution in [2.45, 2.75) is 120 Å². The molecule has 0 saturated carbocycles. The van der Waals surface area contributed by atoms with Crippen molar-refractivity contribution in [3.05, 3.63) is 192 Å². The van der Waals surface area contributed by atoms with Gasteiger partial charge in [-0.05, 0) is 66.3 Å². The predicted molar refractivity (Wildman–Crippen MR) is 248 cm³/mol. The van der Waals surface area contributed by atoms with E-state index in [1.807, 2.05) is 113 Å². The highest BCUT2D eigenvalue weighted by molar-refractivity contribution is 5.75. The molecule has 3 fully saturated rings. The van der Waals surface area contributed by atoms with E-state index in [0.29, 0.717) is 52.2 Å². The van der Waals surface area contributed by atoms with E-state index in [9.17, 15) is 9.59 Å². The van der Waals surface area contributed by atoms with Gasteiger partial charge in [0, 0.05) is 26.3 Å². The van der Waals surface area contributed by atoms with Gasteiger partial charge in [0.15, 0.2) is 5.72 Å². The molecule has 0 N–H and O–H groups in total. The zero-order chi connectivity index (χ0) is 44.0. The first-order chi connectivity index (χ1) is 31.5. The maximum Gasteiger partial charge on any atom is 0.412 e. The molecule has 3 aliphatic rings. The van der Waals surface area contributed by atoms with Crippen LogP contribution in [-0.2, 0) is 48.3 Å². The molecule has 1 unspecified atom stereocenters. The van der Waals surface area contributed by atoms with Crippen molar-refractivity contribution < 1.29 is 33.3 Å². The first-order valence-corrected chi connectivity index (χ1v) is 23.1. The standard InChI is InChI=1S/C55H62N2O7/c1-42(58)57-49(52(61-39-44-25-11-5-12-26-44)53(62-40-45-27-13-6-14-28-45)50(57)41-60-38-43-23-9-4-10-24-43)34-20-3-2-19-33-48-37-55(35-21-22-36-56(55)54(59)63-48)64-51(46-29-15-7-16-30-46)47-31-17-8-18-32-47/h2,4-19,23-32,48-53H,3,20-22,33-41H2,1H3/b19-2+/t48-,49?,50+,52+,53+,55+/m0/s1. The van der Waals surface area contributed by atoms with Gasteiger partial charge < -0.3 is 28.6 Å². The third kappa shape index (κ3) is 11.4. The second-order valence-corrected chi connectivity index (χ2v) is 17.3. The minimum Gasteiger partial charge on any atom is -0.446 e. The van der Waals surface area contributed by atoms with E-state index in [-0.39, 0.29) is 42.4 Å². The summed E-state index contributed by atoms with van der Waals surface area (Å²) in [5.41, 5.74) is 4.54. The van der Waals surface area contributed by atoms with E-state index in [1.165, 1.54) is 0 Å². The van der Waals surface area contributed by atoms with Crippen LogP contribution in [0.1, 0.15) is 92.2 Å². The smallest absolute Gasteiger partial charge is 0.412 e. The average molecular weight is 863 g/mol. The number of hydrogen-bond donors (Lipinski definition) is 0. The minimum atomic E-state index is -0.768. The van der Waals surface area contributed by atoms with Gasteiger partial charge in [-0.25, -0.2) is 4.79 Å². The van der Waals surface area contributed by atoms with Crippen molar-refractivity contribution in [3.63, 3.8) is 0 Å². The van der Waals surface area contributed by atoms with Crippen LogP contribution < -0.4 is 0 Å². The molecule has 8 rings (SSSR count). The number of piperidine rings is 1. The van der Waals surface area contributed by atoms with Crippen molar-refractivity contribution >= 4 is 12.0 Å². The summed E-state index contributed by atoms with van der Waals surface area (Å²) in [5, 5.41) is 0. The molecule has 5 aromatic carbocycles. The van der Waals surface area contributed by atoms with Gasteiger partial charge in [0.1, 0.15) is 24.4 Å². The Morgan fingerprint density at radius 1 is 0.703 bits per heavy atom. The molecular weight excluding hydrogens is 801 g/mol. The van der Waals surface area contributed by atoms with Gasteiger partial charge in [-0.3, -0.25) is 9.69 Å². The summed E-state index contributed by atoms with van der Waals surface area (Å²) in [6.07, 6.45) is 8.76. The van der Waals surface area contributed by atoms with E-state index in [2.05, 4.69) is 60.7 Å². The SMILES string of the molecule is CC(=O)N1C(CCC/C=C/C[C@H]2C[C@]3(OC(c4ccccc4)c4ccccc4)CCCCN3C(=O)O2)[C@@H](OCc2ccccc2)[C@H](OCc2ccccc2)[C@H]1COCc1ccccc1. The molecule has 0 aliphatic carbocycles. The van der Waals surface area contributed by atoms with E-state index < -0.39 is 11.8 Å². The molecule has 0 aromatic heterocycles. The van der Waals surface area contributed by atoms with Gasteiger partial charge in [0.05, 0.1) is 38.5 Å². The summed E-state index contributed by atoms with van der Waals surface area (Å²) in [5.74, 6) is -0.0261. The molecule has 0 spiro atoms. The number of benzene rings is 5. The van der Waals surface area contributed by atoms with Crippen LogP contribution in [0.5, 0.6) is 0 Å². The average Bonchev–Trinajstić information content (AvgIpc) is 3.63. The number of carbonyl (C=O) groups excluding carboxylic acids is 2. The lowest BCUT2D eigenvalue weighted by molar-refractivity contribution is -0.221. The molecule has 6 atom stereocenters. The summed E-state index contributed by atoms with van der Waals surface area (Å²) in [6, 6.07) is 50.4. The van der Waals surface area contributed by atoms with E-state index in [0.717, 1.165) is 59.9 Å². The maximum absolute atomic E-state index is 13.7. The molecule has 9 heteroatoms. The van der Waals surface area contributed by atoms with Crippen molar-refractivity contribution in [1.82, 2.24) is 9.80 Å². The Morgan fingerprint density at radius 2 is 1.23 bits per heavy atom. The molecule has 5 aromatic rings. The molecule has 0 radical (unpaired) electrons. The number of allylic oxidation sites excluding steroid dienone is 1. The Hall–Kier alpha value is -5.58. The largest absolute Gasteiger partial charge is 0.446 e. The fraction of sp³-hybridized carbons (Fsp3) is 0.382. The van der Waals surface area contributed by atoms with Crippen molar-refractivity contribution in [3.8, 4) is 0 Å². The van der Waals surface area contributed by atoms with E-state index in [4.69, 9.17) is 23.7 Å². The summed E-state index contributed by atoms with van der Waals surface area (Å²) in [4.78, 5) is 31.2. The summed E-state index contributed by atoms with van der Waals surface area (Å²) < 4.78 is 33.3. The fourth-order valence-electron chi connectivity index (χ4n) is 9.76. The van der Waals surface area contributed by atoms with Crippen LogP contribution in [0, 0.1) is 0 Å². The van der Waals surface area contributed by atoms with Gasteiger partial charge in [-0.15, -0.1) is 0 Å². The number of cyclic esters (lactones) is 1. The number of hydrogen-bond acceptors (Lipinski definition) is 7. The molecule has 3 saturated heterocycles. The van der Waals surface area contributed by atoms with Crippen LogP contribution in [0.15, 0.2) is 164 Å². The molecule has 334 valence electrons. The van der Waals surface area contributed by atoms with Crippen LogP contribution in [0.4, 0.5) is 4.79 Å². The van der Waals surface area contributed by atoms with E-state index in [1.54, 1.807) is 6.92 Å². The number of ether oxygens (including phenoxy) is 5. The van der Waals surface area contributed by atoms with Crippen LogP contribution in [0.3, 0.4) is 0 Å². The molecule has 3 heterocycles. The number of nitrogens with zero attached hydrogens (tertiary/aromatic N) is 2. The highest BCUT2D eigenvalue weighted by Crippen LogP contribution is 2.44.